The van der Waals surface area contributed by atoms with E-state index < -0.39 is 0 Å². The maximum atomic E-state index is 11.6. The number of hydrogen-bond donors (Lipinski definition) is 1. The van der Waals surface area contributed by atoms with Crippen LogP contribution in [0.4, 0.5) is 5.69 Å². The van der Waals surface area contributed by atoms with Gasteiger partial charge in [0, 0.05) is 19.3 Å². The Morgan fingerprint density at radius 3 is 2.71 bits per heavy atom. The number of carbonyl (C=O) groups is 1. The molecule has 1 rings (SSSR count). The number of amides is 1. The summed E-state index contributed by atoms with van der Waals surface area (Å²) in [6, 6.07) is 5.77. The van der Waals surface area contributed by atoms with Crippen molar-refractivity contribution in [2.24, 2.45) is 0 Å². The molecule has 94 valence electrons. The van der Waals surface area contributed by atoms with E-state index in [1.54, 1.807) is 19.1 Å². The number of aryl methyl sites for hydroxylation is 1. The molecule has 4 nitrogen and oxygen atoms in total. The van der Waals surface area contributed by atoms with Crippen LogP contribution in [0.5, 0.6) is 5.75 Å². The van der Waals surface area contributed by atoms with Crippen LogP contribution >= 0.6 is 0 Å². The van der Waals surface area contributed by atoms with Gasteiger partial charge in [-0.3, -0.25) is 4.79 Å². The summed E-state index contributed by atoms with van der Waals surface area (Å²) in [5.41, 5.74) is 1.98. The number of likely N-dealkylation sites (N-methyl/N-ethyl adjacent to an activating group) is 1. The monoisotopic (exact) mass is 236 g/mol. The predicted octanol–water partition coefficient (Wildman–Crippen LogP) is 1.89. The molecule has 0 aliphatic carbocycles. The Kier molecular flexibility index (Phi) is 4.82. The molecule has 1 amide bonds. The third kappa shape index (κ3) is 3.66. The fourth-order valence-corrected chi connectivity index (χ4v) is 1.48. The normalized spacial score (nSPS) is 9.88. The van der Waals surface area contributed by atoms with Crippen molar-refractivity contribution in [2.75, 3.05) is 32.6 Å². The molecule has 4 heteroatoms. The molecule has 0 saturated heterocycles. The molecule has 1 aromatic rings. The minimum Gasteiger partial charge on any atom is -0.496 e. The Morgan fingerprint density at radius 2 is 2.18 bits per heavy atom. The third-order valence-electron chi connectivity index (χ3n) is 2.74. The first kappa shape index (κ1) is 13.4. The summed E-state index contributed by atoms with van der Waals surface area (Å²) in [5, 5.41) is 3.11. The molecule has 0 unspecified atom stereocenters. The van der Waals surface area contributed by atoms with E-state index in [1.807, 2.05) is 32.0 Å². The van der Waals surface area contributed by atoms with Gasteiger partial charge in [-0.25, -0.2) is 0 Å². The van der Waals surface area contributed by atoms with Crippen molar-refractivity contribution in [1.29, 1.82) is 0 Å². The number of nitrogens with zero attached hydrogens (tertiary/aromatic N) is 1. The lowest BCUT2D eigenvalue weighted by Gasteiger charge is -2.15. The van der Waals surface area contributed by atoms with Gasteiger partial charge in [-0.1, -0.05) is 0 Å². The molecule has 0 heterocycles. The molecule has 0 aliphatic heterocycles. The van der Waals surface area contributed by atoms with E-state index in [2.05, 4.69) is 5.32 Å². The van der Waals surface area contributed by atoms with Crippen LogP contribution in [-0.2, 0) is 4.79 Å². The quantitative estimate of drug-likeness (QED) is 0.849. The number of benzene rings is 1. The smallest absolute Gasteiger partial charge is 0.241 e. The molecule has 0 radical (unpaired) electrons. The van der Waals surface area contributed by atoms with Gasteiger partial charge in [0.1, 0.15) is 5.75 Å². The van der Waals surface area contributed by atoms with Crippen molar-refractivity contribution >= 4 is 11.6 Å². The molecule has 1 N–H and O–H groups in total. The van der Waals surface area contributed by atoms with Gasteiger partial charge in [0.05, 0.1) is 13.7 Å². The van der Waals surface area contributed by atoms with Crippen molar-refractivity contribution in [1.82, 2.24) is 4.90 Å². The average molecular weight is 236 g/mol. The van der Waals surface area contributed by atoms with Gasteiger partial charge < -0.3 is 15.0 Å². The number of hydrogen-bond acceptors (Lipinski definition) is 3. The number of carbonyl (C=O) groups excluding carboxylic acids is 1. The number of nitrogens with one attached hydrogen (secondary N) is 1. The second-order valence-electron chi connectivity index (χ2n) is 3.95. The minimum absolute atomic E-state index is 0.0842. The first-order valence-electron chi connectivity index (χ1n) is 5.71. The summed E-state index contributed by atoms with van der Waals surface area (Å²) >= 11 is 0. The third-order valence-corrected chi connectivity index (χ3v) is 2.74. The molecule has 0 saturated carbocycles. The summed E-state index contributed by atoms with van der Waals surface area (Å²) in [7, 11) is 3.44. The van der Waals surface area contributed by atoms with Crippen LogP contribution in [0.1, 0.15) is 12.5 Å². The summed E-state index contributed by atoms with van der Waals surface area (Å²) in [5.74, 6) is 0.938. The Labute approximate surface area is 103 Å². The number of ether oxygens (including phenoxy) is 1. The van der Waals surface area contributed by atoms with Crippen molar-refractivity contribution in [3.63, 3.8) is 0 Å². The predicted molar refractivity (Wildman–Crippen MR) is 69.5 cm³/mol. The van der Waals surface area contributed by atoms with Gasteiger partial charge in [-0.15, -0.1) is 0 Å². The van der Waals surface area contributed by atoms with E-state index in [0.717, 1.165) is 23.5 Å². The Hall–Kier alpha value is -1.71. The number of rotatable bonds is 5. The van der Waals surface area contributed by atoms with E-state index in [4.69, 9.17) is 4.74 Å². The van der Waals surface area contributed by atoms with Crippen molar-refractivity contribution in [2.45, 2.75) is 13.8 Å². The Balaban J connectivity index is 2.58. The van der Waals surface area contributed by atoms with Crippen LogP contribution in [0.15, 0.2) is 18.2 Å². The van der Waals surface area contributed by atoms with Gasteiger partial charge in [0.15, 0.2) is 0 Å². The zero-order valence-electron chi connectivity index (χ0n) is 10.9. The maximum Gasteiger partial charge on any atom is 0.241 e. The van der Waals surface area contributed by atoms with Crippen LogP contribution in [0.2, 0.25) is 0 Å². The molecule has 1 aromatic carbocycles. The topological polar surface area (TPSA) is 41.6 Å². The first-order valence-corrected chi connectivity index (χ1v) is 5.71. The maximum absolute atomic E-state index is 11.6. The molecule has 17 heavy (non-hydrogen) atoms. The van der Waals surface area contributed by atoms with Crippen molar-refractivity contribution in [3.05, 3.63) is 23.8 Å². The molecule has 0 bridgehead atoms. The fraction of sp³-hybridized carbons (Fsp3) is 0.462. The second-order valence-corrected chi connectivity index (χ2v) is 3.95. The highest BCUT2D eigenvalue weighted by atomic mass is 16.5. The van der Waals surface area contributed by atoms with E-state index in [-0.39, 0.29) is 5.91 Å². The first-order chi connectivity index (χ1) is 8.08. The lowest BCUT2D eigenvalue weighted by molar-refractivity contribution is -0.127. The summed E-state index contributed by atoms with van der Waals surface area (Å²) in [4.78, 5) is 13.3. The second kappa shape index (κ2) is 6.13. The fourth-order valence-electron chi connectivity index (χ4n) is 1.48. The molecular formula is C13H20N2O2. The van der Waals surface area contributed by atoms with Crippen LogP contribution in [0.25, 0.3) is 0 Å². The van der Waals surface area contributed by atoms with Crippen LogP contribution < -0.4 is 10.1 Å². The zero-order chi connectivity index (χ0) is 12.8. The Bertz CT molecular complexity index is 391. The van der Waals surface area contributed by atoms with E-state index in [1.165, 1.54) is 0 Å². The number of methoxy groups -OCH3 is 1. The molecule has 0 atom stereocenters. The zero-order valence-corrected chi connectivity index (χ0v) is 10.9. The highest BCUT2D eigenvalue weighted by Gasteiger charge is 2.06. The summed E-state index contributed by atoms with van der Waals surface area (Å²) in [6.45, 7) is 4.97. The largest absolute Gasteiger partial charge is 0.496 e. The standard InChI is InChI=1S/C13H20N2O2/c1-5-15(3)13(16)9-14-11-6-7-12(17-4)10(2)8-11/h6-8,14H,5,9H2,1-4H3. The summed E-state index contributed by atoms with van der Waals surface area (Å²) < 4.78 is 5.18. The van der Waals surface area contributed by atoms with Gasteiger partial charge in [-0.2, -0.15) is 0 Å². The minimum atomic E-state index is 0.0842. The van der Waals surface area contributed by atoms with Crippen molar-refractivity contribution < 1.29 is 9.53 Å². The highest BCUT2D eigenvalue weighted by Crippen LogP contribution is 2.21. The lowest BCUT2D eigenvalue weighted by atomic mass is 10.2. The lowest BCUT2D eigenvalue weighted by Crippen LogP contribution is -2.31. The molecule has 0 spiro atoms. The van der Waals surface area contributed by atoms with Gasteiger partial charge in [0.25, 0.3) is 0 Å². The van der Waals surface area contributed by atoms with Gasteiger partial charge >= 0.3 is 0 Å². The Morgan fingerprint density at radius 1 is 1.47 bits per heavy atom. The van der Waals surface area contributed by atoms with Gasteiger partial charge in [-0.05, 0) is 37.6 Å². The molecule has 0 fully saturated rings. The van der Waals surface area contributed by atoms with E-state index >= 15 is 0 Å². The van der Waals surface area contributed by atoms with E-state index in [9.17, 15) is 4.79 Å². The summed E-state index contributed by atoms with van der Waals surface area (Å²) in [6.07, 6.45) is 0. The molecule has 0 aliphatic rings. The van der Waals surface area contributed by atoms with Crippen LogP contribution in [-0.4, -0.2) is 38.1 Å². The van der Waals surface area contributed by atoms with Gasteiger partial charge in [0.2, 0.25) is 5.91 Å². The molecular weight excluding hydrogens is 216 g/mol. The highest BCUT2D eigenvalue weighted by molar-refractivity contribution is 5.80. The average Bonchev–Trinajstić information content (AvgIpc) is 2.35. The molecule has 0 aromatic heterocycles. The van der Waals surface area contributed by atoms with Crippen molar-refractivity contribution in [3.8, 4) is 5.75 Å². The number of anilines is 1. The van der Waals surface area contributed by atoms with Crippen LogP contribution in [0.3, 0.4) is 0 Å². The van der Waals surface area contributed by atoms with E-state index in [0.29, 0.717) is 6.54 Å². The van der Waals surface area contributed by atoms with Crippen LogP contribution in [0, 0.1) is 6.92 Å². The SMILES string of the molecule is CCN(C)C(=O)CNc1ccc(OC)c(C)c1.